The highest BCUT2D eigenvalue weighted by molar-refractivity contribution is 7.92. The van der Waals surface area contributed by atoms with Gasteiger partial charge in [0.15, 0.2) is 0 Å². The number of benzene rings is 3. The number of rotatable bonds is 11. The molecule has 0 unspecified atom stereocenters. The van der Waals surface area contributed by atoms with E-state index in [0.717, 1.165) is 21.7 Å². The molecule has 3 rings (SSSR count). The van der Waals surface area contributed by atoms with Crippen LogP contribution in [0.1, 0.15) is 25.0 Å². The average molecular weight is 542 g/mol. The van der Waals surface area contributed by atoms with Crippen LogP contribution in [0.2, 0.25) is 5.02 Å². The summed E-state index contributed by atoms with van der Waals surface area (Å²) in [5.41, 5.74) is 1.97. The van der Waals surface area contributed by atoms with Gasteiger partial charge in [0.1, 0.15) is 12.6 Å². The number of nitrogens with one attached hydrogen (secondary N) is 1. The highest BCUT2D eigenvalue weighted by Gasteiger charge is 2.33. The van der Waals surface area contributed by atoms with Crippen LogP contribution < -0.4 is 9.62 Å². The number of sulfonamides is 1. The standard InChI is InChI=1S/C28H32ClN3O4S/c1-21(2)30-28(34)26(18-22-11-6-4-7-12-22)31(19-23-13-10-14-24(29)17-23)27(33)20-32(37(3,35)36)25-15-8-5-9-16-25/h4-17,21,26H,18-20H2,1-3H3,(H,30,34)/t26-/m0/s1. The smallest absolute Gasteiger partial charge is 0.244 e. The minimum absolute atomic E-state index is 0.0782. The number of para-hydroxylation sites is 1. The van der Waals surface area contributed by atoms with Crippen molar-refractivity contribution in [1.29, 1.82) is 0 Å². The van der Waals surface area contributed by atoms with Gasteiger partial charge in [-0.05, 0) is 49.2 Å². The zero-order valence-electron chi connectivity index (χ0n) is 21.2. The Kier molecular flexibility index (Phi) is 9.72. The first-order valence-corrected chi connectivity index (χ1v) is 14.2. The van der Waals surface area contributed by atoms with Crippen molar-refractivity contribution in [2.75, 3.05) is 17.1 Å². The molecule has 0 saturated heterocycles. The predicted octanol–water partition coefficient (Wildman–Crippen LogP) is 4.27. The molecule has 0 spiro atoms. The maximum Gasteiger partial charge on any atom is 0.244 e. The number of carbonyl (C=O) groups is 2. The topological polar surface area (TPSA) is 86.8 Å². The molecule has 1 N–H and O–H groups in total. The lowest BCUT2D eigenvalue weighted by atomic mass is 10.0. The van der Waals surface area contributed by atoms with Crippen LogP contribution in [0.3, 0.4) is 0 Å². The van der Waals surface area contributed by atoms with Gasteiger partial charge in [0.2, 0.25) is 21.8 Å². The van der Waals surface area contributed by atoms with E-state index >= 15 is 0 Å². The van der Waals surface area contributed by atoms with E-state index in [1.165, 1.54) is 4.90 Å². The lowest BCUT2D eigenvalue weighted by molar-refractivity contribution is -0.140. The summed E-state index contributed by atoms with van der Waals surface area (Å²) in [6, 6.07) is 23.9. The Morgan fingerprint density at radius 1 is 0.892 bits per heavy atom. The van der Waals surface area contributed by atoms with Gasteiger partial charge in [-0.3, -0.25) is 13.9 Å². The highest BCUT2D eigenvalue weighted by atomic mass is 35.5. The number of hydrogen-bond donors (Lipinski definition) is 1. The minimum Gasteiger partial charge on any atom is -0.352 e. The predicted molar refractivity (Wildman–Crippen MR) is 148 cm³/mol. The summed E-state index contributed by atoms with van der Waals surface area (Å²) in [5.74, 6) is -0.825. The van der Waals surface area contributed by atoms with Crippen LogP contribution in [-0.4, -0.2) is 50.0 Å². The number of anilines is 1. The normalized spacial score (nSPS) is 12.1. The van der Waals surface area contributed by atoms with Crippen LogP contribution >= 0.6 is 11.6 Å². The maximum atomic E-state index is 13.9. The highest BCUT2D eigenvalue weighted by Crippen LogP contribution is 2.21. The molecule has 37 heavy (non-hydrogen) atoms. The molecule has 3 aromatic rings. The van der Waals surface area contributed by atoms with Crippen molar-refractivity contribution in [3.05, 3.63) is 101 Å². The molecular formula is C28H32ClN3O4S. The minimum atomic E-state index is -3.79. The summed E-state index contributed by atoms with van der Waals surface area (Å²) < 4.78 is 26.4. The number of hydrogen-bond acceptors (Lipinski definition) is 4. The third-order valence-electron chi connectivity index (χ3n) is 5.67. The van der Waals surface area contributed by atoms with Gasteiger partial charge in [-0.15, -0.1) is 0 Å². The Morgan fingerprint density at radius 3 is 2.05 bits per heavy atom. The number of halogens is 1. The molecule has 0 aliphatic carbocycles. The zero-order chi connectivity index (χ0) is 27.0. The van der Waals surface area contributed by atoms with Crippen molar-refractivity contribution < 1.29 is 18.0 Å². The van der Waals surface area contributed by atoms with E-state index < -0.39 is 28.5 Å². The first-order valence-electron chi connectivity index (χ1n) is 12.0. The molecule has 0 aromatic heterocycles. The molecule has 7 nitrogen and oxygen atoms in total. The van der Waals surface area contributed by atoms with E-state index in [1.54, 1.807) is 48.5 Å². The van der Waals surface area contributed by atoms with Gasteiger partial charge in [-0.2, -0.15) is 0 Å². The van der Waals surface area contributed by atoms with Gasteiger partial charge in [-0.1, -0.05) is 72.3 Å². The monoisotopic (exact) mass is 541 g/mol. The second-order valence-electron chi connectivity index (χ2n) is 9.13. The second kappa shape index (κ2) is 12.7. The van der Waals surface area contributed by atoms with Crippen molar-refractivity contribution in [2.24, 2.45) is 0 Å². The maximum absolute atomic E-state index is 13.9. The van der Waals surface area contributed by atoms with Crippen LogP contribution in [0.25, 0.3) is 0 Å². The van der Waals surface area contributed by atoms with Gasteiger partial charge in [0.05, 0.1) is 11.9 Å². The summed E-state index contributed by atoms with van der Waals surface area (Å²) in [5, 5.41) is 3.42. The summed E-state index contributed by atoms with van der Waals surface area (Å²) >= 11 is 6.20. The van der Waals surface area contributed by atoms with Crippen LogP contribution in [0.5, 0.6) is 0 Å². The van der Waals surface area contributed by atoms with Crippen LogP contribution in [0, 0.1) is 0 Å². The van der Waals surface area contributed by atoms with Crippen molar-refractivity contribution in [3.8, 4) is 0 Å². The van der Waals surface area contributed by atoms with Crippen LogP contribution in [0.15, 0.2) is 84.9 Å². The van der Waals surface area contributed by atoms with Gasteiger partial charge in [0.25, 0.3) is 0 Å². The number of carbonyl (C=O) groups excluding carboxylic acids is 2. The van der Waals surface area contributed by atoms with Crippen molar-refractivity contribution in [3.63, 3.8) is 0 Å². The largest absolute Gasteiger partial charge is 0.352 e. The molecule has 0 radical (unpaired) electrons. The van der Waals surface area contributed by atoms with Gasteiger partial charge >= 0.3 is 0 Å². The van der Waals surface area contributed by atoms with Gasteiger partial charge < -0.3 is 10.2 Å². The quantitative estimate of drug-likeness (QED) is 0.393. The second-order valence-corrected chi connectivity index (χ2v) is 11.5. The van der Waals surface area contributed by atoms with Gasteiger partial charge in [-0.25, -0.2) is 8.42 Å². The fraction of sp³-hybridized carbons (Fsp3) is 0.286. The molecule has 0 fully saturated rings. The van der Waals surface area contributed by atoms with E-state index in [9.17, 15) is 18.0 Å². The summed E-state index contributed by atoms with van der Waals surface area (Å²) in [6.45, 7) is 3.32. The Bertz CT molecular complexity index is 1300. The summed E-state index contributed by atoms with van der Waals surface area (Å²) in [6.07, 6.45) is 1.32. The van der Waals surface area contributed by atoms with Crippen molar-refractivity contribution >= 4 is 39.1 Å². The number of nitrogens with zero attached hydrogens (tertiary/aromatic N) is 2. The van der Waals surface area contributed by atoms with E-state index in [0.29, 0.717) is 10.7 Å². The average Bonchev–Trinajstić information content (AvgIpc) is 2.84. The van der Waals surface area contributed by atoms with E-state index in [2.05, 4.69) is 5.32 Å². The van der Waals surface area contributed by atoms with Crippen LogP contribution in [0.4, 0.5) is 5.69 Å². The molecular weight excluding hydrogens is 510 g/mol. The third kappa shape index (κ3) is 8.33. The first kappa shape index (κ1) is 28.2. The Morgan fingerprint density at radius 2 is 1.49 bits per heavy atom. The Labute approximate surface area is 224 Å². The van der Waals surface area contributed by atoms with E-state index in [-0.39, 0.29) is 24.9 Å². The van der Waals surface area contributed by atoms with Crippen LogP contribution in [-0.2, 0) is 32.6 Å². The fourth-order valence-corrected chi connectivity index (χ4v) is 5.04. The Hall–Kier alpha value is -3.36. The Balaban J connectivity index is 2.04. The molecule has 0 aliphatic heterocycles. The molecule has 0 bridgehead atoms. The van der Waals surface area contributed by atoms with Gasteiger partial charge in [0, 0.05) is 24.0 Å². The summed E-state index contributed by atoms with van der Waals surface area (Å²) in [4.78, 5) is 28.8. The zero-order valence-corrected chi connectivity index (χ0v) is 22.7. The van der Waals surface area contributed by atoms with E-state index in [4.69, 9.17) is 11.6 Å². The molecule has 0 heterocycles. The first-order chi connectivity index (χ1) is 17.5. The molecule has 0 saturated carbocycles. The third-order valence-corrected chi connectivity index (χ3v) is 7.04. The molecule has 196 valence electrons. The van der Waals surface area contributed by atoms with Crippen molar-refractivity contribution in [2.45, 2.75) is 38.9 Å². The molecule has 1 atom stereocenters. The van der Waals surface area contributed by atoms with Crippen molar-refractivity contribution in [1.82, 2.24) is 10.2 Å². The number of amides is 2. The summed E-state index contributed by atoms with van der Waals surface area (Å²) in [7, 11) is -3.79. The molecule has 2 amide bonds. The van der Waals surface area contributed by atoms with E-state index in [1.807, 2.05) is 50.2 Å². The molecule has 9 heteroatoms. The molecule has 3 aromatic carbocycles. The lowest BCUT2D eigenvalue weighted by Crippen LogP contribution is -2.54. The lowest BCUT2D eigenvalue weighted by Gasteiger charge is -2.34. The molecule has 0 aliphatic rings. The SMILES string of the molecule is CC(C)NC(=O)[C@H](Cc1ccccc1)N(Cc1cccc(Cl)c1)C(=O)CN(c1ccccc1)S(C)(=O)=O. The fourth-order valence-electron chi connectivity index (χ4n) is 3.97.